The second-order valence-electron chi connectivity index (χ2n) is 4.93. The number of thiophene rings is 1. The molecule has 0 spiro atoms. The van der Waals surface area contributed by atoms with Crippen molar-refractivity contribution >= 4 is 44.5 Å². The van der Waals surface area contributed by atoms with E-state index in [1.807, 2.05) is 29.6 Å². The molecule has 0 aliphatic rings. The van der Waals surface area contributed by atoms with Gasteiger partial charge in [-0.05, 0) is 43.0 Å². The molecule has 0 bridgehead atoms. The van der Waals surface area contributed by atoms with E-state index in [1.165, 1.54) is 11.3 Å². The lowest BCUT2D eigenvalue weighted by atomic mass is 10.1. The molecule has 0 radical (unpaired) electrons. The summed E-state index contributed by atoms with van der Waals surface area (Å²) in [4.78, 5) is 19.2. The fourth-order valence-electron chi connectivity index (χ4n) is 2.41. The normalized spacial score (nSPS) is 11.9. The van der Waals surface area contributed by atoms with Gasteiger partial charge in [-0.25, -0.2) is 0 Å². The van der Waals surface area contributed by atoms with E-state index in [0.29, 0.717) is 4.88 Å². The van der Waals surface area contributed by atoms with Crippen molar-refractivity contribution in [3.63, 3.8) is 0 Å². The van der Waals surface area contributed by atoms with Gasteiger partial charge in [-0.3, -0.25) is 4.79 Å². The highest BCUT2D eigenvalue weighted by atomic mass is 79.9. The van der Waals surface area contributed by atoms with Gasteiger partial charge in [0.2, 0.25) is 0 Å². The van der Waals surface area contributed by atoms with Crippen LogP contribution in [0.5, 0.6) is 0 Å². The summed E-state index contributed by atoms with van der Waals surface area (Å²) in [5.74, 6) is -0.175. The number of hydrogen-bond acceptors (Lipinski definition) is 3. The summed E-state index contributed by atoms with van der Waals surface area (Å²) in [7, 11) is 0. The van der Waals surface area contributed by atoms with Crippen molar-refractivity contribution in [1.29, 1.82) is 0 Å². The largest absolute Gasteiger partial charge is 0.316 e. The third-order valence-electron chi connectivity index (χ3n) is 3.44. The van der Waals surface area contributed by atoms with Crippen molar-refractivity contribution < 1.29 is 4.79 Å². The van der Waals surface area contributed by atoms with E-state index < -0.39 is 0 Å². The summed E-state index contributed by atoms with van der Waals surface area (Å²) < 4.78 is 3.16. The first-order valence-electron chi connectivity index (χ1n) is 7.19. The van der Waals surface area contributed by atoms with Crippen molar-refractivity contribution in [2.45, 2.75) is 20.4 Å². The van der Waals surface area contributed by atoms with Gasteiger partial charge in [0.05, 0.1) is 10.6 Å². The second-order valence-corrected chi connectivity index (χ2v) is 7.98. The first-order valence-corrected chi connectivity index (χ1v) is 9.67. The lowest BCUT2D eigenvalue weighted by molar-refractivity contribution is 0.100. The molecule has 2 aromatic heterocycles. The van der Waals surface area contributed by atoms with Gasteiger partial charge in [0, 0.05) is 15.9 Å². The maximum atomic E-state index is 12.3. The highest BCUT2D eigenvalue weighted by Gasteiger charge is 2.13. The van der Waals surface area contributed by atoms with E-state index in [4.69, 9.17) is 0 Å². The minimum Gasteiger partial charge on any atom is -0.316 e. The molecule has 118 valence electrons. The minimum absolute atomic E-state index is 0.175. The molecular weight excluding hydrogens is 392 g/mol. The van der Waals surface area contributed by atoms with Crippen LogP contribution in [0.1, 0.15) is 21.5 Å². The molecule has 0 aliphatic heterocycles. The lowest BCUT2D eigenvalue weighted by Gasteiger charge is -2.07. The quantitative estimate of drug-likeness (QED) is 0.594. The molecule has 0 unspecified atom stereocenters. The van der Waals surface area contributed by atoms with Crippen LogP contribution in [0.4, 0.5) is 0 Å². The standard InChI is InChI=1S/C17H15BrN2OS2/c1-3-20-15(12-6-8-13(18)9-7-12)11(2)23-17(20)19-16(21)14-5-4-10-22-14/h4-10H,3H2,1-2H3. The lowest BCUT2D eigenvalue weighted by Crippen LogP contribution is -2.16. The Morgan fingerprint density at radius 1 is 1.26 bits per heavy atom. The van der Waals surface area contributed by atoms with Gasteiger partial charge in [-0.2, -0.15) is 4.99 Å². The Hall–Kier alpha value is -1.50. The summed E-state index contributed by atoms with van der Waals surface area (Å²) in [6.07, 6.45) is 0. The van der Waals surface area contributed by atoms with Crippen LogP contribution >= 0.6 is 38.6 Å². The smallest absolute Gasteiger partial charge is 0.289 e. The molecule has 0 saturated heterocycles. The zero-order chi connectivity index (χ0) is 16.4. The molecule has 0 fully saturated rings. The molecule has 0 N–H and O–H groups in total. The van der Waals surface area contributed by atoms with Crippen molar-refractivity contribution in [3.8, 4) is 11.3 Å². The monoisotopic (exact) mass is 406 g/mol. The van der Waals surface area contributed by atoms with E-state index >= 15 is 0 Å². The number of nitrogens with zero attached hydrogens (tertiary/aromatic N) is 2. The van der Waals surface area contributed by atoms with Gasteiger partial charge in [0.25, 0.3) is 5.91 Å². The number of carbonyl (C=O) groups is 1. The van der Waals surface area contributed by atoms with Crippen LogP contribution in [-0.4, -0.2) is 10.5 Å². The topological polar surface area (TPSA) is 34.4 Å². The van der Waals surface area contributed by atoms with Gasteiger partial charge >= 0.3 is 0 Å². The molecule has 0 saturated carbocycles. The first kappa shape index (κ1) is 16.4. The average Bonchev–Trinajstić information content (AvgIpc) is 3.16. The molecule has 1 amide bonds. The van der Waals surface area contributed by atoms with E-state index in [-0.39, 0.29) is 5.91 Å². The molecule has 23 heavy (non-hydrogen) atoms. The number of rotatable bonds is 3. The van der Waals surface area contributed by atoms with Gasteiger partial charge in [-0.1, -0.05) is 34.1 Å². The SMILES string of the molecule is CCn1c(-c2ccc(Br)cc2)c(C)sc1=NC(=O)c1cccs1. The molecule has 3 aromatic rings. The number of thiazole rings is 1. The molecule has 1 aromatic carbocycles. The van der Waals surface area contributed by atoms with E-state index in [2.05, 4.69) is 51.5 Å². The molecule has 0 atom stereocenters. The second kappa shape index (κ2) is 6.95. The zero-order valence-electron chi connectivity index (χ0n) is 12.7. The fraction of sp³-hybridized carbons (Fsp3) is 0.176. The number of carbonyl (C=O) groups excluding carboxylic acids is 1. The maximum Gasteiger partial charge on any atom is 0.289 e. The van der Waals surface area contributed by atoms with Gasteiger partial charge in [-0.15, -0.1) is 22.7 Å². The third kappa shape index (κ3) is 3.39. The summed E-state index contributed by atoms with van der Waals surface area (Å²) in [6, 6.07) is 11.9. The summed E-state index contributed by atoms with van der Waals surface area (Å²) >= 11 is 6.44. The van der Waals surface area contributed by atoms with Crippen molar-refractivity contribution in [1.82, 2.24) is 4.57 Å². The van der Waals surface area contributed by atoms with E-state index in [9.17, 15) is 4.79 Å². The number of hydrogen-bond donors (Lipinski definition) is 0. The maximum absolute atomic E-state index is 12.3. The first-order chi connectivity index (χ1) is 11.1. The van der Waals surface area contributed by atoms with Crippen molar-refractivity contribution in [2.24, 2.45) is 4.99 Å². The Balaban J connectivity index is 2.12. The Bertz CT molecular complexity index is 890. The van der Waals surface area contributed by atoms with Crippen molar-refractivity contribution in [2.75, 3.05) is 0 Å². The van der Waals surface area contributed by atoms with Gasteiger partial charge < -0.3 is 4.57 Å². The summed E-state index contributed by atoms with van der Waals surface area (Å²) in [6.45, 7) is 4.91. The van der Waals surface area contributed by atoms with Crippen LogP contribution in [0.3, 0.4) is 0 Å². The number of aryl methyl sites for hydroxylation is 1. The molecule has 6 heteroatoms. The van der Waals surface area contributed by atoms with Crippen LogP contribution < -0.4 is 4.80 Å². The fourth-order valence-corrected chi connectivity index (χ4v) is 4.34. The zero-order valence-corrected chi connectivity index (χ0v) is 16.0. The minimum atomic E-state index is -0.175. The highest BCUT2D eigenvalue weighted by molar-refractivity contribution is 9.10. The van der Waals surface area contributed by atoms with Crippen molar-refractivity contribution in [3.05, 3.63) is 60.8 Å². The Morgan fingerprint density at radius 2 is 2.00 bits per heavy atom. The van der Waals surface area contributed by atoms with Crippen LogP contribution in [0.15, 0.2) is 51.2 Å². The molecular formula is C17H15BrN2OS2. The van der Waals surface area contributed by atoms with Crippen LogP contribution in [-0.2, 0) is 6.54 Å². The number of halogens is 1. The van der Waals surface area contributed by atoms with Crippen LogP contribution in [0.2, 0.25) is 0 Å². The van der Waals surface area contributed by atoms with Crippen LogP contribution in [0, 0.1) is 6.92 Å². The molecule has 3 nitrogen and oxygen atoms in total. The van der Waals surface area contributed by atoms with E-state index in [0.717, 1.165) is 32.0 Å². The van der Waals surface area contributed by atoms with Gasteiger partial charge in [0.1, 0.15) is 0 Å². The molecule has 2 heterocycles. The predicted octanol–water partition coefficient (Wildman–Crippen LogP) is 5.11. The average molecular weight is 407 g/mol. The van der Waals surface area contributed by atoms with Crippen LogP contribution in [0.25, 0.3) is 11.3 Å². The summed E-state index contributed by atoms with van der Waals surface area (Å²) in [5, 5.41) is 1.89. The molecule has 3 rings (SSSR count). The Kier molecular flexibility index (Phi) is 4.94. The highest BCUT2D eigenvalue weighted by Crippen LogP contribution is 2.26. The van der Waals surface area contributed by atoms with Gasteiger partial charge in [0.15, 0.2) is 4.80 Å². The summed E-state index contributed by atoms with van der Waals surface area (Å²) in [5.41, 5.74) is 2.26. The number of benzene rings is 1. The predicted molar refractivity (Wildman–Crippen MR) is 100 cm³/mol. The third-order valence-corrected chi connectivity index (χ3v) is 5.82. The van der Waals surface area contributed by atoms with E-state index in [1.54, 1.807) is 11.3 Å². The Morgan fingerprint density at radius 3 is 2.61 bits per heavy atom. The number of aromatic nitrogens is 1. The molecule has 0 aliphatic carbocycles. The Labute approximate surface area is 151 Å². The number of amides is 1.